The number of nitrogens with one attached hydrogen (secondary N) is 1. The minimum Gasteiger partial charge on any atom is -0.494 e. The van der Waals surface area contributed by atoms with Crippen LogP contribution in [0.3, 0.4) is 0 Å². The smallest absolute Gasteiger partial charge is 0.204 e. The lowest BCUT2D eigenvalue weighted by atomic mass is 9.96. The first-order valence-corrected chi connectivity index (χ1v) is 4.75. The average Bonchev–Trinajstić information content (AvgIpc) is 2.28. The average molecular weight is 208 g/mol. The van der Waals surface area contributed by atoms with Crippen molar-refractivity contribution in [1.82, 2.24) is 10.3 Å². The highest BCUT2D eigenvalue weighted by Crippen LogP contribution is 2.20. The highest BCUT2D eigenvalue weighted by molar-refractivity contribution is 6.03. The Balaban J connectivity index is 3.11. The van der Waals surface area contributed by atoms with Crippen LogP contribution >= 0.6 is 0 Å². The number of pyridine rings is 1. The van der Waals surface area contributed by atoms with Crippen LogP contribution in [0.1, 0.15) is 24.3 Å². The summed E-state index contributed by atoms with van der Waals surface area (Å²) in [4.78, 5) is 16.1. The molecule has 4 heteroatoms. The van der Waals surface area contributed by atoms with Crippen LogP contribution < -0.4 is 10.1 Å². The van der Waals surface area contributed by atoms with Crippen molar-refractivity contribution in [1.29, 1.82) is 0 Å². The lowest BCUT2D eigenvalue weighted by Crippen LogP contribution is -2.44. The van der Waals surface area contributed by atoms with Gasteiger partial charge in [0.15, 0.2) is 0 Å². The van der Waals surface area contributed by atoms with E-state index >= 15 is 0 Å². The number of Topliss-reactive ketones (excluding diaryl/α,β-unsaturated/α-hetero) is 1. The van der Waals surface area contributed by atoms with E-state index in [1.807, 2.05) is 13.8 Å². The second-order valence-corrected chi connectivity index (χ2v) is 3.76. The first-order valence-electron chi connectivity index (χ1n) is 4.75. The van der Waals surface area contributed by atoms with E-state index in [4.69, 9.17) is 4.74 Å². The molecule has 0 aromatic carbocycles. The normalized spacial score (nSPS) is 11.2. The minimum atomic E-state index is -0.637. The van der Waals surface area contributed by atoms with E-state index in [1.165, 1.54) is 7.11 Å². The first kappa shape index (κ1) is 11.7. The maximum Gasteiger partial charge on any atom is 0.204 e. The van der Waals surface area contributed by atoms with Crippen LogP contribution in [0.4, 0.5) is 0 Å². The fraction of sp³-hybridized carbons (Fsp3) is 0.455. The predicted molar refractivity (Wildman–Crippen MR) is 58.3 cm³/mol. The van der Waals surface area contributed by atoms with Gasteiger partial charge in [-0.1, -0.05) is 0 Å². The van der Waals surface area contributed by atoms with Crippen LogP contribution in [0.2, 0.25) is 0 Å². The number of ether oxygens (including phenoxy) is 1. The maximum atomic E-state index is 12.1. The molecule has 0 saturated carbocycles. The fourth-order valence-electron chi connectivity index (χ4n) is 1.14. The van der Waals surface area contributed by atoms with Gasteiger partial charge >= 0.3 is 0 Å². The Morgan fingerprint density at radius 1 is 1.53 bits per heavy atom. The summed E-state index contributed by atoms with van der Waals surface area (Å²) in [5.41, 5.74) is -0.277. The van der Waals surface area contributed by atoms with E-state index < -0.39 is 5.54 Å². The molecule has 4 nitrogen and oxygen atoms in total. The summed E-state index contributed by atoms with van der Waals surface area (Å²) in [5, 5.41) is 2.95. The molecule has 0 bridgehead atoms. The van der Waals surface area contributed by atoms with Crippen LogP contribution in [-0.2, 0) is 0 Å². The number of ketones is 1. The molecule has 1 aromatic heterocycles. The number of carbonyl (C=O) groups is 1. The lowest BCUT2D eigenvalue weighted by molar-refractivity contribution is 0.0881. The SMILES string of the molecule is CNC(C)(C)C(=O)c1ncccc1OC. The summed E-state index contributed by atoms with van der Waals surface area (Å²) >= 11 is 0. The molecule has 82 valence electrons. The molecule has 0 unspecified atom stereocenters. The molecule has 0 saturated heterocycles. The molecule has 1 heterocycles. The largest absolute Gasteiger partial charge is 0.494 e. The van der Waals surface area contributed by atoms with Gasteiger partial charge in [0.05, 0.1) is 12.6 Å². The third-order valence-corrected chi connectivity index (χ3v) is 2.40. The van der Waals surface area contributed by atoms with E-state index in [0.29, 0.717) is 11.4 Å². The number of methoxy groups -OCH3 is 1. The van der Waals surface area contributed by atoms with Crippen molar-refractivity contribution in [2.75, 3.05) is 14.2 Å². The van der Waals surface area contributed by atoms with Gasteiger partial charge in [-0.05, 0) is 33.0 Å². The van der Waals surface area contributed by atoms with Crippen molar-refractivity contribution in [3.8, 4) is 5.75 Å². The fourth-order valence-corrected chi connectivity index (χ4v) is 1.14. The van der Waals surface area contributed by atoms with Crippen LogP contribution in [-0.4, -0.2) is 30.5 Å². The number of likely N-dealkylation sites (N-methyl/N-ethyl adjacent to an activating group) is 1. The van der Waals surface area contributed by atoms with E-state index in [-0.39, 0.29) is 5.78 Å². The van der Waals surface area contributed by atoms with Gasteiger partial charge in [0.2, 0.25) is 5.78 Å². The number of nitrogens with zero attached hydrogens (tertiary/aromatic N) is 1. The van der Waals surface area contributed by atoms with Gasteiger partial charge < -0.3 is 10.1 Å². The van der Waals surface area contributed by atoms with Gasteiger partial charge in [-0.2, -0.15) is 0 Å². The molecule has 0 radical (unpaired) electrons. The van der Waals surface area contributed by atoms with E-state index in [2.05, 4.69) is 10.3 Å². The molecule has 1 N–H and O–H groups in total. The van der Waals surface area contributed by atoms with Crippen LogP contribution in [0.5, 0.6) is 5.75 Å². The summed E-state index contributed by atoms with van der Waals surface area (Å²) in [7, 11) is 3.27. The monoisotopic (exact) mass is 208 g/mol. The molecular weight excluding hydrogens is 192 g/mol. The Bertz CT molecular complexity index is 361. The summed E-state index contributed by atoms with van der Waals surface area (Å²) < 4.78 is 5.10. The van der Waals surface area contributed by atoms with Gasteiger partial charge in [-0.3, -0.25) is 4.79 Å². The second-order valence-electron chi connectivity index (χ2n) is 3.76. The molecule has 0 aliphatic carbocycles. The first-order chi connectivity index (χ1) is 7.03. The highest BCUT2D eigenvalue weighted by Gasteiger charge is 2.29. The summed E-state index contributed by atoms with van der Waals surface area (Å²) in [6.07, 6.45) is 1.58. The number of hydrogen-bond acceptors (Lipinski definition) is 4. The van der Waals surface area contributed by atoms with Gasteiger partial charge in [0, 0.05) is 6.20 Å². The van der Waals surface area contributed by atoms with Crippen molar-refractivity contribution < 1.29 is 9.53 Å². The molecule has 1 rings (SSSR count). The molecule has 0 amide bonds. The molecule has 0 spiro atoms. The predicted octanol–water partition coefficient (Wildman–Crippen LogP) is 1.27. The standard InChI is InChI=1S/C11H16N2O2/c1-11(2,12-3)10(14)9-8(15-4)6-5-7-13-9/h5-7,12H,1-4H3. The molecule has 15 heavy (non-hydrogen) atoms. The van der Waals surface area contributed by atoms with Gasteiger partial charge in [0.1, 0.15) is 11.4 Å². The lowest BCUT2D eigenvalue weighted by Gasteiger charge is -2.22. The minimum absolute atomic E-state index is 0.0811. The van der Waals surface area contributed by atoms with Crippen molar-refractivity contribution in [3.05, 3.63) is 24.0 Å². The Kier molecular flexibility index (Phi) is 3.42. The molecule has 0 aliphatic rings. The van der Waals surface area contributed by atoms with Crippen LogP contribution in [0.25, 0.3) is 0 Å². The highest BCUT2D eigenvalue weighted by atomic mass is 16.5. The Morgan fingerprint density at radius 3 is 2.73 bits per heavy atom. The second kappa shape index (κ2) is 4.40. The number of hydrogen-bond donors (Lipinski definition) is 1. The van der Waals surface area contributed by atoms with E-state index in [0.717, 1.165) is 0 Å². The quantitative estimate of drug-likeness (QED) is 0.757. The van der Waals surface area contributed by atoms with Crippen molar-refractivity contribution in [2.45, 2.75) is 19.4 Å². The number of aromatic nitrogens is 1. The van der Waals surface area contributed by atoms with Crippen molar-refractivity contribution >= 4 is 5.78 Å². The zero-order valence-corrected chi connectivity index (χ0v) is 9.50. The molecule has 0 atom stereocenters. The van der Waals surface area contributed by atoms with Gasteiger partial charge in [0.25, 0.3) is 0 Å². The van der Waals surface area contributed by atoms with E-state index in [1.54, 1.807) is 25.4 Å². The topological polar surface area (TPSA) is 51.2 Å². The third-order valence-electron chi connectivity index (χ3n) is 2.40. The Morgan fingerprint density at radius 2 is 2.20 bits per heavy atom. The summed E-state index contributed by atoms with van der Waals surface area (Å²) in [6.45, 7) is 3.62. The molecule has 1 aromatic rings. The van der Waals surface area contributed by atoms with Crippen molar-refractivity contribution in [2.24, 2.45) is 0 Å². The van der Waals surface area contributed by atoms with E-state index in [9.17, 15) is 4.79 Å². The summed E-state index contributed by atoms with van der Waals surface area (Å²) in [5.74, 6) is 0.424. The van der Waals surface area contributed by atoms with Gasteiger partial charge in [-0.15, -0.1) is 0 Å². The van der Waals surface area contributed by atoms with Crippen molar-refractivity contribution in [3.63, 3.8) is 0 Å². The molecule has 0 fully saturated rings. The Hall–Kier alpha value is -1.42. The Labute approximate surface area is 89.7 Å². The number of rotatable bonds is 4. The number of carbonyl (C=O) groups excluding carboxylic acids is 1. The van der Waals surface area contributed by atoms with Crippen LogP contribution in [0.15, 0.2) is 18.3 Å². The molecule has 0 aliphatic heterocycles. The molecular formula is C11H16N2O2. The zero-order chi connectivity index (χ0) is 11.5. The summed E-state index contributed by atoms with van der Waals surface area (Å²) in [6, 6.07) is 3.47. The third kappa shape index (κ3) is 2.33. The van der Waals surface area contributed by atoms with Crippen LogP contribution in [0, 0.1) is 0 Å². The van der Waals surface area contributed by atoms with Gasteiger partial charge in [-0.25, -0.2) is 4.98 Å². The maximum absolute atomic E-state index is 12.1. The zero-order valence-electron chi connectivity index (χ0n) is 9.50.